The van der Waals surface area contributed by atoms with Crippen molar-refractivity contribution in [1.29, 1.82) is 0 Å². The zero-order valence-corrected chi connectivity index (χ0v) is 26.2. The Hall–Kier alpha value is -4.81. The smallest absolute Gasteiger partial charge is 0.340 e. The zero-order valence-electron chi connectivity index (χ0n) is 25.4. The van der Waals surface area contributed by atoms with Crippen LogP contribution in [-0.2, 0) is 30.6 Å². The van der Waals surface area contributed by atoms with Crippen molar-refractivity contribution in [3.05, 3.63) is 102 Å². The number of nitrogens with one attached hydrogen (secondary N) is 1. The summed E-state index contributed by atoms with van der Waals surface area (Å²) in [7, 11) is -4.20. The fourth-order valence-corrected chi connectivity index (χ4v) is 5.92. The van der Waals surface area contributed by atoms with Crippen LogP contribution in [0.1, 0.15) is 50.0 Å². The first-order valence-electron chi connectivity index (χ1n) is 14.2. The van der Waals surface area contributed by atoms with Gasteiger partial charge >= 0.3 is 11.9 Å². The number of carbonyl (C=O) groups excluding carboxylic acids is 1. The molecule has 4 N–H and O–H groups in total. The Kier molecular flexibility index (Phi) is 10.2. The van der Waals surface area contributed by atoms with Crippen LogP contribution in [0.2, 0.25) is 0 Å². The Bertz CT molecular complexity index is 1770. The Balaban J connectivity index is 1.55. The van der Waals surface area contributed by atoms with Crippen LogP contribution in [0.25, 0.3) is 11.1 Å². The Morgan fingerprint density at radius 3 is 2.36 bits per heavy atom. The number of nitrogens with zero attached hydrogens (tertiary/aromatic N) is 2. The lowest BCUT2D eigenvalue weighted by Crippen LogP contribution is -2.42. The molecule has 0 saturated heterocycles. The van der Waals surface area contributed by atoms with Crippen LogP contribution in [0.15, 0.2) is 90.0 Å². The maximum Gasteiger partial charge on any atom is 0.340 e. The lowest BCUT2D eigenvalue weighted by molar-refractivity contribution is -0.160. The molecule has 2 aromatic carbocycles. The minimum atomic E-state index is -4.20. The van der Waals surface area contributed by atoms with E-state index in [9.17, 15) is 23.1 Å². The van der Waals surface area contributed by atoms with Crippen LogP contribution in [0.4, 0.5) is 5.82 Å². The second-order valence-corrected chi connectivity index (χ2v) is 13.2. The molecule has 0 radical (unpaired) electrons. The number of esters is 1. The van der Waals surface area contributed by atoms with E-state index >= 15 is 0 Å². The van der Waals surface area contributed by atoms with Gasteiger partial charge in [0.05, 0.1) is 22.9 Å². The number of hydrogen-bond donors (Lipinski definition) is 3. The van der Waals surface area contributed by atoms with Gasteiger partial charge in [-0.2, -0.15) is 0 Å². The van der Waals surface area contributed by atoms with Crippen molar-refractivity contribution in [2.75, 3.05) is 11.9 Å². The highest BCUT2D eigenvalue weighted by Gasteiger charge is 2.33. The van der Waals surface area contributed by atoms with Gasteiger partial charge in [-0.3, -0.25) is 4.98 Å². The molecule has 0 fully saturated rings. The van der Waals surface area contributed by atoms with Gasteiger partial charge < -0.3 is 25.6 Å². The van der Waals surface area contributed by atoms with Crippen LogP contribution in [0.3, 0.4) is 0 Å². The summed E-state index contributed by atoms with van der Waals surface area (Å²) in [4.78, 5) is 32.8. The molecule has 0 spiro atoms. The molecule has 0 aliphatic heterocycles. The predicted molar refractivity (Wildman–Crippen MR) is 169 cm³/mol. The summed E-state index contributed by atoms with van der Waals surface area (Å²) in [6, 6.07) is 20.9. The van der Waals surface area contributed by atoms with Gasteiger partial charge in [0.1, 0.15) is 17.2 Å². The number of carboxylic acids is 1. The van der Waals surface area contributed by atoms with E-state index in [2.05, 4.69) is 15.3 Å². The van der Waals surface area contributed by atoms with E-state index in [4.69, 9.17) is 15.2 Å². The molecule has 2 atom stereocenters. The minimum Gasteiger partial charge on any atom is -0.494 e. The molecule has 12 heteroatoms. The van der Waals surface area contributed by atoms with Crippen LogP contribution < -0.4 is 15.8 Å². The first kappa shape index (κ1) is 33.1. The van der Waals surface area contributed by atoms with E-state index in [-0.39, 0.29) is 22.8 Å². The molecule has 236 valence electrons. The third kappa shape index (κ3) is 8.43. The molecular weight excluding hydrogens is 596 g/mol. The van der Waals surface area contributed by atoms with Gasteiger partial charge in [0.25, 0.3) is 0 Å². The van der Waals surface area contributed by atoms with E-state index < -0.39 is 38.8 Å². The normalized spacial score (nSPS) is 13.0. The summed E-state index contributed by atoms with van der Waals surface area (Å²) < 4.78 is 38.3. The monoisotopic (exact) mass is 632 g/mol. The fourth-order valence-electron chi connectivity index (χ4n) is 4.47. The lowest BCUT2D eigenvalue weighted by Gasteiger charge is -2.23. The number of benzene rings is 2. The van der Waals surface area contributed by atoms with Crippen LogP contribution in [-0.4, -0.2) is 53.7 Å². The number of aromatic nitrogens is 2. The number of hydrogen-bond acceptors (Lipinski definition) is 10. The summed E-state index contributed by atoms with van der Waals surface area (Å²) >= 11 is 0. The van der Waals surface area contributed by atoms with E-state index in [1.54, 1.807) is 20.8 Å². The number of pyridine rings is 2. The minimum absolute atomic E-state index is 0.0525. The van der Waals surface area contributed by atoms with E-state index in [0.29, 0.717) is 12.3 Å². The molecule has 4 rings (SSSR count). The quantitative estimate of drug-likeness (QED) is 0.145. The number of carbonyl (C=O) groups is 2. The summed E-state index contributed by atoms with van der Waals surface area (Å²) in [6.45, 7) is 7.32. The van der Waals surface area contributed by atoms with Crippen molar-refractivity contribution in [1.82, 2.24) is 9.97 Å². The Labute approximate surface area is 262 Å². The molecular formula is C33H36N4O7S. The molecule has 2 heterocycles. The van der Waals surface area contributed by atoms with Crippen molar-refractivity contribution >= 4 is 27.6 Å². The van der Waals surface area contributed by atoms with Gasteiger partial charge in [-0.05, 0) is 80.8 Å². The number of anilines is 1. The van der Waals surface area contributed by atoms with Crippen molar-refractivity contribution in [2.24, 2.45) is 5.73 Å². The molecule has 4 aromatic rings. The number of rotatable bonds is 12. The Morgan fingerprint density at radius 2 is 1.69 bits per heavy atom. The topological polar surface area (TPSA) is 171 Å². The first-order chi connectivity index (χ1) is 21.3. The van der Waals surface area contributed by atoms with Crippen molar-refractivity contribution < 1.29 is 32.6 Å². The molecule has 11 nitrogen and oxygen atoms in total. The Morgan fingerprint density at radius 1 is 0.978 bits per heavy atom. The third-order valence-electron chi connectivity index (χ3n) is 6.54. The number of ether oxygens (including phenoxy) is 2. The molecule has 0 aliphatic rings. The average Bonchev–Trinajstić information content (AvgIpc) is 2.99. The van der Waals surface area contributed by atoms with Gasteiger partial charge in [-0.25, -0.2) is 23.0 Å². The molecule has 0 bridgehead atoms. The number of sulfone groups is 1. The van der Waals surface area contributed by atoms with Crippen LogP contribution >= 0.6 is 0 Å². The molecule has 2 aromatic heterocycles. The summed E-state index contributed by atoms with van der Waals surface area (Å²) in [5.74, 6) is -1.79. The molecule has 0 aliphatic carbocycles. The van der Waals surface area contributed by atoms with Crippen molar-refractivity contribution in [3.63, 3.8) is 0 Å². The van der Waals surface area contributed by atoms with E-state index in [1.165, 1.54) is 36.5 Å². The number of carboxylic acid groups (broad SMARTS) is 1. The summed E-state index contributed by atoms with van der Waals surface area (Å²) in [5.41, 5.74) is 8.41. The zero-order chi connectivity index (χ0) is 32.8. The largest absolute Gasteiger partial charge is 0.494 e. The lowest BCUT2D eigenvalue weighted by atomic mass is 10.0. The second kappa shape index (κ2) is 13.9. The SMILES string of the molecule is CCOc1cccc(-c2ccc(Cc3ncccc3S(=O)(=O)C(N)c3cccc(NC(C(=O)O)C(=O)OC(C)(C)C)n3)cc2)c1. The maximum atomic E-state index is 13.8. The van der Waals surface area contributed by atoms with E-state index in [1.807, 2.05) is 55.5 Å². The fraction of sp³-hybridized carbons (Fsp3) is 0.273. The summed E-state index contributed by atoms with van der Waals surface area (Å²) in [5, 5.41) is 10.5. The van der Waals surface area contributed by atoms with Crippen molar-refractivity contribution in [2.45, 2.75) is 56.0 Å². The first-order valence-corrected chi connectivity index (χ1v) is 15.8. The highest BCUT2D eigenvalue weighted by Crippen LogP contribution is 2.29. The molecule has 45 heavy (non-hydrogen) atoms. The van der Waals surface area contributed by atoms with Gasteiger partial charge in [0.15, 0.2) is 5.37 Å². The van der Waals surface area contributed by atoms with Gasteiger partial charge in [0, 0.05) is 12.6 Å². The van der Waals surface area contributed by atoms with E-state index in [0.717, 1.165) is 22.4 Å². The van der Waals surface area contributed by atoms with Crippen LogP contribution in [0, 0.1) is 0 Å². The van der Waals surface area contributed by atoms with Gasteiger partial charge in [0.2, 0.25) is 15.9 Å². The number of nitrogens with two attached hydrogens (primary N) is 1. The number of aliphatic carboxylic acids is 1. The summed E-state index contributed by atoms with van der Waals surface area (Å²) in [6.07, 6.45) is 1.74. The maximum absolute atomic E-state index is 13.8. The van der Waals surface area contributed by atoms with Crippen molar-refractivity contribution in [3.8, 4) is 16.9 Å². The van der Waals surface area contributed by atoms with Gasteiger partial charge in [-0.1, -0.05) is 42.5 Å². The highest BCUT2D eigenvalue weighted by molar-refractivity contribution is 7.91. The second-order valence-electron chi connectivity index (χ2n) is 11.1. The molecule has 0 amide bonds. The van der Waals surface area contributed by atoms with Crippen LogP contribution in [0.5, 0.6) is 5.75 Å². The highest BCUT2D eigenvalue weighted by atomic mass is 32.2. The standard InChI is InChI=1S/C33H36N4O7S/c1-5-43-24-10-6-9-23(20-24)22-16-14-21(15-17-22)19-26-27(12-8-18-35-26)45(41,42)30(34)25-11-7-13-28(36-25)37-29(31(38)39)32(40)44-33(2,3)4/h6-18,20,29-30H,5,19,34H2,1-4H3,(H,36,37)(H,38,39). The third-order valence-corrected chi connectivity index (χ3v) is 8.43. The molecule has 0 saturated carbocycles. The van der Waals surface area contributed by atoms with Gasteiger partial charge in [-0.15, -0.1) is 0 Å². The predicted octanol–water partition coefficient (Wildman–Crippen LogP) is 4.77. The average molecular weight is 633 g/mol. The molecule has 2 unspecified atom stereocenters.